The van der Waals surface area contributed by atoms with E-state index in [2.05, 4.69) is 13.2 Å². The number of hydrogen-bond acceptors (Lipinski definition) is 4. The van der Waals surface area contributed by atoms with Gasteiger partial charge in [-0.05, 0) is 12.2 Å². The first-order valence-electron chi connectivity index (χ1n) is 4.37. The standard InChI is InChI=1S/C11H16O4/c1-9(5-6-10(2)14-4)11(12)15-8-7-13-3/h5-6H,1-2,7-8H2,3-4H3/b6-5-. The maximum Gasteiger partial charge on any atom is 0.337 e. The smallest absolute Gasteiger partial charge is 0.337 e. The third kappa shape index (κ3) is 6.51. The van der Waals surface area contributed by atoms with E-state index >= 15 is 0 Å². The van der Waals surface area contributed by atoms with Crippen LogP contribution >= 0.6 is 0 Å². The Balaban J connectivity index is 3.94. The van der Waals surface area contributed by atoms with Crippen molar-refractivity contribution in [1.82, 2.24) is 0 Å². The zero-order chi connectivity index (χ0) is 11.7. The molecule has 0 fully saturated rings. The fraction of sp³-hybridized carbons (Fsp3) is 0.364. The highest BCUT2D eigenvalue weighted by Crippen LogP contribution is 2.01. The summed E-state index contributed by atoms with van der Waals surface area (Å²) in [7, 11) is 3.03. The first-order valence-corrected chi connectivity index (χ1v) is 4.37. The summed E-state index contributed by atoms with van der Waals surface area (Å²) in [5, 5.41) is 0. The van der Waals surface area contributed by atoms with Gasteiger partial charge in [0.2, 0.25) is 0 Å². The molecule has 4 heteroatoms. The van der Waals surface area contributed by atoms with Crippen molar-refractivity contribution in [2.75, 3.05) is 27.4 Å². The van der Waals surface area contributed by atoms with E-state index in [4.69, 9.17) is 14.2 Å². The number of methoxy groups -OCH3 is 2. The van der Waals surface area contributed by atoms with Gasteiger partial charge in [-0.2, -0.15) is 0 Å². The van der Waals surface area contributed by atoms with Crippen molar-refractivity contribution in [2.24, 2.45) is 0 Å². The van der Waals surface area contributed by atoms with Gasteiger partial charge >= 0.3 is 5.97 Å². The summed E-state index contributed by atoms with van der Waals surface area (Å²) in [4.78, 5) is 11.2. The highest BCUT2D eigenvalue weighted by molar-refractivity contribution is 5.90. The average molecular weight is 212 g/mol. The van der Waals surface area contributed by atoms with Crippen LogP contribution in [0.3, 0.4) is 0 Å². The second-order valence-corrected chi connectivity index (χ2v) is 2.66. The minimum atomic E-state index is -0.479. The van der Waals surface area contributed by atoms with Gasteiger partial charge in [0.05, 0.1) is 19.3 Å². The fourth-order valence-electron chi connectivity index (χ4n) is 0.640. The highest BCUT2D eigenvalue weighted by atomic mass is 16.6. The van der Waals surface area contributed by atoms with Gasteiger partial charge in [0.1, 0.15) is 12.4 Å². The molecule has 4 nitrogen and oxygen atoms in total. The predicted octanol–water partition coefficient (Wildman–Crippen LogP) is 1.45. The first kappa shape index (κ1) is 13.4. The molecule has 0 atom stereocenters. The molecule has 0 aliphatic rings. The van der Waals surface area contributed by atoms with Crippen LogP contribution in [0.5, 0.6) is 0 Å². The second kappa shape index (κ2) is 7.82. The topological polar surface area (TPSA) is 44.8 Å². The molecule has 0 N–H and O–H groups in total. The zero-order valence-electron chi connectivity index (χ0n) is 9.12. The Morgan fingerprint density at radius 2 is 1.87 bits per heavy atom. The quantitative estimate of drug-likeness (QED) is 0.211. The summed E-state index contributed by atoms with van der Waals surface area (Å²) in [5.41, 5.74) is 0.240. The molecule has 0 heterocycles. The Labute approximate surface area is 89.8 Å². The van der Waals surface area contributed by atoms with Crippen molar-refractivity contribution in [1.29, 1.82) is 0 Å². The molecule has 0 rings (SSSR count). The number of ether oxygens (including phenoxy) is 3. The molecular weight excluding hydrogens is 196 g/mol. The van der Waals surface area contributed by atoms with Crippen LogP contribution in [0.4, 0.5) is 0 Å². The summed E-state index contributed by atoms with van der Waals surface area (Å²) in [6.45, 7) is 7.68. The summed E-state index contributed by atoms with van der Waals surface area (Å²) in [5.74, 6) is -0.0342. The highest BCUT2D eigenvalue weighted by Gasteiger charge is 2.04. The van der Waals surface area contributed by atoms with Crippen molar-refractivity contribution in [2.45, 2.75) is 0 Å². The molecule has 15 heavy (non-hydrogen) atoms. The SMILES string of the molecule is C=C(/C=C\C(=C)C(=O)OCCOC)OC. The minimum Gasteiger partial charge on any atom is -0.497 e. The van der Waals surface area contributed by atoms with Crippen LogP contribution < -0.4 is 0 Å². The van der Waals surface area contributed by atoms with Gasteiger partial charge in [-0.1, -0.05) is 13.2 Å². The van der Waals surface area contributed by atoms with Crippen LogP contribution in [-0.2, 0) is 19.0 Å². The van der Waals surface area contributed by atoms with E-state index in [-0.39, 0.29) is 12.2 Å². The molecule has 0 unspecified atom stereocenters. The van der Waals surface area contributed by atoms with Crippen LogP contribution in [0, 0.1) is 0 Å². The van der Waals surface area contributed by atoms with E-state index in [1.54, 1.807) is 6.08 Å². The zero-order valence-corrected chi connectivity index (χ0v) is 9.12. The normalized spacial score (nSPS) is 10.0. The van der Waals surface area contributed by atoms with Crippen LogP contribution in [0.2, 0.25) is 0 Å². The molecule has 0 aromatic carbocycles. The van der Waals surface area contributed by atoms with Crippen molar-refractivity contribution < 1.29 is 19.0 Å². The summed E-state index contributed by atoms with van der Waals surface area (Å²) >= 11 is 0. The average Bonchev–Trinajstić information content (AvgIpc) is 2.25. The Morgan fingerprint density at radius 1 is 1.20 bits per heavy atom. The third-order valence-electron chi connectivity index (χ3n) is 1.52. The van der Waals surface area contributed by atoms with Crippen molar-refractivity contribution in [3.8, 4) is 0 Å². The lowest BCUT2D eigenvalue weighted by Crippen LogP contribution is -2.10. The van der Waals surface area contributed by atoms with E-state index in [0.717, 1.165) is 0 Å². The van der Waals surface area contributed by atoms with Crippen LogP contribution in [0.25, 0.3) is 0 Å². The minimum absolute atomic E-state index is 0.216. The largest absolute Gasteiger partial charge is 0.497 e. The lowest BCUT2D eigenvalue weighted by Gasteiger charge is -2.03. The van der Waals surface area contributed by atoms with Gasteiger partial charge in [-0.15, -0.1) is 0 Å². The van der Waals surface area contributed by atoms with Crippen molar-refractivity contribution >= 4 is 5.97 Å². The first-order chi connectivity index (χ1) is 7.11. The van der Waals surface area contributed by atoms with E-state index in [1.807, 2.05) is 0 Å². The molecular formula is C11H16O4. The van der Waals surface area contributed by atoms with E-state index < -0.39 is 5.97 Å². The molecule has 0 aliphatic heterocycles. The van der Waals surface area contributed by atoms with Crippen molar-refractivity contribution in [3.63, 3.8) is 0 Å². The van der Waals surface area contributed by atoms with Gasteiger partial charge in [0, 0.05) is 7.11 Å². The van der Waals surface area contributed by atoms with E-state index in [9.17, 15) is 4.79 Å². The number of hydrogen-bond donors (Lipinski definition) is 0. The maximum absolute atomic E-state index is 11.2. The van der Waals surface area contributed by atoms with Gasteiger partial charge in [0.15, 0.2) is 0 Å². The Morgan fingerprint density at radius 3 is 2.40 bits per heavy atom. The lowest BCUT2D eigenvalue weighted by atomic mass is 10.3. The number of allylic oxidation sites excluding steroid dienone is 1. The van der Waals surface area contributed by atoms with Crippen LogP contribution in [-0.4, -0.2) is 33.4 Å². The summed E-state index contributed by atoms with van der Waals surface area (Å²) < 4.78 is 14.3. The maximum atomic E-state index is 11.2. The molecule has 0 amide bonds. The molecule has 0 spiro atoms. The molecule has 0 bridgehead atoms. The second-order valence-electron chi connectivity index (χ2n) is 2.66. The Kier molecular flexibility index (Phi) is 7.01. The fourth-order valence-corrected chi connectivity index (χ4v) is 0.640. The van der Waals surface area contributed by atoms with Crippen molar-refractivity contribution in [3.05, 3.63) is 36.6 Å². The van der Waals surface area contributed by atoms with Crippen LogP contribution in [0.15, 0.2) is 36.6 Å². The number of esters is 1. The Bertz CT molecular complexity index is 266. The lowest BCUT2D eigenvalue weighted by molar-refractivity contribution is -0.139. The Hall–Kier alpha value is -1.55. The number of carbonyl (C=O) groups excluding carboxylic acids is 1. The van der Waals surface area contributed by atoms with Gasteiger partial charge in [0.25, 0.3) is 0 Å². The third-order valence-corrected chi connectivity index (χ3v) is 1.52. The van der Waals surface area contributed by atoms with Gasteiger partial charge in [-0.25, -0.2) is 4.79 Å². The molecule has 0 radical (unpaired) electrons. The van der Waals surface area contributed by atoms with E-state index in [0.29, 0.717) is 12.4 Å². The van der Waals surface area contributed by atoms with Crippen LogP contribution in [0.1, 0.15) is 0 Å². The molecule has 84 valence electrons. The summed E-state index contributed by atoms with van der Waals surface area (Å²) in [6.07, 6.45) is 3.03. The summed E-state index contributed by atoms with van der Waals surface area (Å²) in [6, 6.07) is 0. The van der Waals surface area contributed by atoms with E-state index in [1.165, 1.54) is 20.3 Å². The van der Waals surface area contributed by atoms with Gasteiger partial charge < -0.3 is 14.2 Å². The monoisotopic (exact) mass is 212 g/mol. The molecule has 0 aromatic rings. The molecule has 0 saturated carbocycles. The number of rotatable bonds is 7. The van der Waals surface area contributed by atoms with Gasteiger partial charge in [-0.3, -0.25) is 0 Å². The molecule has 0 saturated heterocycles. The molecule has 0 aromatic heterocycles. The predicted molar refractivity (Wildman–Crippen MR) is 57.3 cm³/mol. The molecule has 0 aliphatic carbocycles. The number of carbonyl (C=O) groups is 1.